The minimum absolute atomic E-state index is 0.0952. The molecule has 1 aromatic heterocycles. The van der Waals surface area contributed by atoms with Crippen LogP contribution in [0.25, 0.3) is 22.3 Å². The highest BCUT2D eigenvalue weighted by Crippen LogP contribution is 2.33. The summed E-state index contributed by atoms with van der Waals surface area (Å²) in [5.41, 5.74) is 3.99. The van der Waals surface area contributed by atoms with Crippen LogP contribution in [-0.2, 0) is 0 Å². The van der Waals surface area contributed by atoms with Crippen LogP contribution in [-0.4, -0.2) is 5.97 Å². The monoisotopic (exact) mass is 384 g/mol. The third-order valence-electron chi connectivity index (χ3n) is 4.81. The number of rotatable bonds is 3. The maximum atomic E-state index is 13.4. The van der Waals surface area contributed by atoms with Crippen LogP contribution >= 0.6 is 0 Å². The normalized spacial score (nSPS) is 10.9. The number of hydrogen-bond acceptors (Lipinski definition) is 4. The smallest absolute Gasteiger partial charge is 0.343 e. The van der Waals surface area contributed by atoms with Crippen molar-refractivity contribution in [2.24, 2.45) is 0 Å². The highest BCUT2D eigenvalue weighted by molar-refractivity contribution is 5.93. The van der Waals surface area contributed by atoms with Crippen LogP contribution in [0.4, 0.5) is 0 Å². The minimum atomic E-state index is -0.602. The highest BCUT2D eigenvalue weighted by atomic mass is 16.5. The fourth-order valence-electron chi connectivity index (χ4n) is 3.39. The number of aryl methyl sites for hydroxylation is 3. The summed E-state index contributed by atoms with van der Waals surface area (Å²) in [6.07, 6.45) is 0. The van der Waals surface area contributed by atoms with Crippen LogP contribution in [0, 0.1) is 20.8 Å². The van der Waals surface area contributed by atoms with Gasteiger partial charge >= 0.3 is 5.97 Å². The van der Waals surface area contributed by atoms with Crippen molar-refractivity contribution in [3.8, 4) is 17.1 Å². The van der Waals surface area contributed by atoms with Gasteiger partial charge in [-0.2, -0.15) is 0 Å². The molecule has 0 aliphatic carbocycles. The number of ether oxygens (including phenoxy) is 1. The molecule has 0 atom stereocenters. The summed E-state index contributed by atoms with van der Waals surface area (Å²) >= 11 is 0. The first-order valence-corrected chi connectivity index (χ1v) is 9.36. The summed E-state index contributed by atoms with van der Waals surface area (Å²) in [7, 11) is 0. The summed E-state index contributed by atoms with van der Waals surface area (Å²) in [4.78, 5) is 26.0. The summed E-state index contributed by atoms with van der Waals surface area (Å²) in [6, 6.07) is 19.9. The van der Waals surface area contributed by atoms with Gasteiger partial charge in [0.2, 0.25) is 11.2 Å². The van der Waals surface area contributed by atoms with Gasteiger partial charge < -0.3 is 9.15 Å². The van der Waals surface area contributed by atoms with Crippen LogP contribution < -0.4 is 10.2 Å². The van der Waals surface area contributed by atoms with Crippen molar-refractivity contribution < 1.29 is 13.9 Å². The number of fused-ring (bicyclic) bond motifs is 1. The maximum absolute atomic E-state index is 13.4. The van der Waals surface area contributed by atoms with E-state index in [1.807, 2.05) is 63.2 Å². The van der Waals surface area contributed by atoms with Crippen LogP contribution in [0.3, 0.4) is 0 Å². The summed E-state index contributed by atoms with van der Waals surface area (Å²) in [6.45, 7) is 5.77. The summed E-state index contributed by atoms with van der Waals surface area (Å²) < 4.78 is 11.7. The van der Waals surface area contributed by atoms with E-state index in [-0.39, 0.29) is 16.9 Å². The second kappa shape index (κ2) is 7.40. The molecule has 4 nitrogen and oxygen atoms in total. The predicted octanol–water partition coefficient (Wildman–Crippen LogP) is 5.60. The molecule has 144 valence electrons. The molecule has 4 rings (SSSR count). The van der Waals surface area contributed by atoms with Gasteiger partial charge in [0.05, 0.1) is 10.9 Å². The molecule has 0 saturated heterocycles. The molecule has 0 bridgehead atoms. The topological polar surface area (TPSA) is 56.5 Å². The first-order valence-electron chi connectivity index (χ1n) is 9.36. The van der Waals surface area contributed by atoms with Crippen LogP contribution in [0.2, 0.25) is 0 Å². The van der Waals surface area contributed by atoms with Gasteiger partial charge in [0.1, 0.15) is 5.58 Å². The minimum Gasteiger partial charge on any atom is -0.452 e. The van der Waals surface area contributed by atoms with Crippen LogP contribution in [0.5, 0.6) is 5.75 Å². The van der Waals surface area contributed by atoms with E-state index in [0.717, 1.165) is 16.7 Å². The molecule has 0 unspecified atom stereocenters. The number of hydrogen-bond donors (Lipinski definition) is 0. The zero-order valence-corrected chi connectivity index (χ0v) is 16.5. The Morgan fingerprint density at radius 3 is 2.24 bits per heavy atom. The third kappa shape index (κ3) is 3.57. The van der Waals surface area contributed by atoms with E-state index in [9.17, 15) is 9.59 Å². The van der Waals surface area contributed by atoms with Gasteiger partial charge in [0.25, 0.3) is 0 Å². The lowest BCUT2D eigenvalue weighted by Gasteiger charge is -2.12. The molecule has 0 aliphatic rings. The molecule has 0 N–H and O–H groups in total. The maximum Gasteiger partial charge on any atom is 0.343 e. The molecule has 0 saturated carbocycles. The second-order valence-electron chi connectivity index (χ2n) is 7.17. The standard InChI is InChI=1S/C25H20O4/c1-15-9-11-18(12-10-15)23-24(29-25(27)19-7-5-4-6-8-19)22(26)21-17(3)13-16(2)14-20(21)28-23/h4-14H,1-3H3. The van der Waals surface area contributed by atoms with Crippen molar-refractivity contribution in [1.82, 2.24) is 0 Å². The average molecular weight is 384 g/mol. The second-order valence-corrected chi connectivity index (χ2v) is 7.17. The highest BCUT2D eigenvalue weighted by Gasteiger charge is 2.22. The number of carbonyl (C=O) groups is 1. The Bertz CT molecular complexity index is 1270. The SMILES string of the molecule is Cc1ccc(-c2oc3cc(C)cc(C)c3c(=O)c2OC(=O)c2ccccc2)cc1. The molecule has 0 spiro atoms. The molecule has 0 aliphatic heterocycles. The number of esters is 1. The largest absolute Gasteiger partial charge is 0.452 e. The lowest BCUT2D eigenvalue weighted by Crippen LogP contribution is -2.16. The van der Waals surface area contributed by atoms with E-state index in [4.69, 9.17) is 9.15 Å². The van der Waals surface area contributed by atoms with Gasteiger partial charge in [0.15, 0.2) is 5.76 Å². The number of carbonyl (C=O) groups excluding carboxylic acids is 1. The predicted molar refractivity (Wildman–Crippen MR) is 114 cm³/mol. The van der Waals surface area contributed by atoms with Crippen molar-refractivity contribution in [2.75, 3.05) is 0 Å². The Morgan fingerprint density at radius 1 is 0.862 bits per heavy atom. The van der Waals surface area contributed by atoms with E-state index >= 15 is 0 Å². The molecular formula is C25H20O4. The Labute approximate surface area is 168 Å². The zero-order chi connectivity index (χ0) is 20.5. The molecule has 4 aromatic rings. The van der Waals surface area contributed by atoms with E-state index in [1.54, 1.807) is 24.3 Å². The molecule has 3 aromatic carbocycles. The molecule has 0 fully saturated rings. The van der Waals surface area contributed by atoms with E-state index < -0.39 is 5.97 Å². The van der Waals surface area contributed by atoms with Crippen molar-refractivity contribution >= 4 is 16.9 Å². The third-order valence-corrected chi connectivity index (χ3v) is 4.81. The first kappa shape index (κ1) is 18.7. The Morgan fingerprint density at radius 2 is 1.55 bits per heavy atom. The lowest BCUT2D eigenvalue weighted by molar-refractivity contribution is 0.0731. The quantitative estimate of drug-likeness (QED) is 0.431. The van der Waals surface area contributed by atoms with Gasteiger partial charge in [-0.15, -0.1) is 0 Å². The molecule has 0 amide bonds. The van der Waals surface area contributed by atoms with Crippen molar-refractivity contribution in [3.63, 3.8) is 0 Å². The van der Waals surface area contributed by atoms with Gasteiger partial charge in [-0.3, -0.25) is 4.79 Å². The molecular weight excluding hydrogens is 364 g/mol. The number of benzene rings is 3. The van der Waals surface area contributed by atoms with E-state index in [1.165, 1.54) is 0 Å². The molecule has 1 heterocycles. The van der Waals surface area contributed by atoms with E-state index in [2.05, 4.69) is 0 Å². The Balaban J connectivity index is 1.96. The Hall–Kier alpha value is -3.66. The van der Waals surface area contributed by atoms with Crippen molar-refractivity contribution in [3.05, 3.63) is 99.2 Å². The van der Waals surface area contributed by atoms with Crippen molar-refractivity contribution in [2.45, 2.75) is 20.8 Å². The summed E-state index contributed by atoms with van der Waals surface area (Å²) in [5.74, 6) is -0.450. The molecule has 4 heteroatoms. The zero-order valence-electron chi connectivity index (χ0n) is 16.5. The van der Waals surface area contributed by atoms with Gasteiger partial charge in [-0.1, -0.05) is 54.1 Å². The van der Waals surface area contributed by atoms with Gasteiger partial charge in [-0.05, 0) is 50.1 Å². The van der Waals surface area contributed by atoms with Gasteiger partial charge in [-0.25, -0.2) is 4.79 Å². The molecule has 29 heavy (non-hydrogen) atoms. The van der Waals surface area contributed by atoms with Crippen LogP contribution in [0.15, 0.2) is 75.9 Å². The average Bonchev–Trinajstić information content (AvgIpc) is 2.70. The van der Waals surface area contributed by atoms with E-state index in [0.29, 0.717) is 22.1 Å². The Kier molecular flexibility index (Phi) is 4.77. The van der Waals surface area contributed by atoms with Crippen molar-refractivity contribution in [1.29, 1.82) is 0 Å². The fraction of sp³-hybridized carbons (Fsp3) is 0.120. The van der Waals surface area contributed by atoms with Gasteiger partial charge in [0, 0.05) is 5.56 Å². The van der Waals surface area contributed by atoms with Crippen LogP contribution in [0.1, 0.15) is 27.0 Å². The summed E-state index contributed by atoms with van der Waals surface area (Å²) in [5, 5.41) is 0.419. The molecule has 0 radical (unpaired) electrons. The fourth-order valence-corrected chi connectivity index (χ4v) is 3.39. The lowest BCUT2D eigenvalue weighted by atomic mass is 10.0. The first-order chi connectivity index (χ1) is 13.9.